The van der Waals surface area contributed by atoms with Gasteiger partial charge in [-0.15, -0.1) is 0 Å². The van der Waals surface area contributed by atoms with Gasteiger partial charge in [-0.1, -0.05) is 0 Å². The summed E-state index contributed by atoms with van der Waals surface area (Å²) in [4.78, 5) is 5.52. The summed E-state index contributed by atoms with van der Waals surface area (Å²) in [5.74, 6) is 0.492. The summed E-state index contributed by atoms with van der Waals surface area (Å²) in [6.07, 6.45) is -3.24. The molecule has 0 bridgehead atoms. The number of imidazole rings is 1. The van der Waals surface area contributed by atoms with Gasteiger partial charge >= 0.3 is 6.18 Å². The predicted octanol–water partition coefficient (Wildman–Crippen LogP) is 1.35. The molecule has 0 fully saturated rings. The van der Waals surface area contributed by atoms with Crippen LogP contribution >= 0.6 is 0 Å². The van der Waals surface area contributed by atoms with E-state index in [2.05, 4.69) is 4.98 Å². The summed E-state index contributed by atoms with van der Waals surface area (Å²) < 4.78 is 38.4. The maximum Gasteiger partial charge on any atom is 0.434 e. The van der Waals surface area contributed by atoms with Gasteiger partial charge in [-0.3, -0.25) is 4.90 Å². The minimum atomic E-state index is -4.33. The third kappa shape index (κ3) is 1.61. The molecule has 0 aliphatic carbocycles. The van der Waals surface area contributed by atoms with Crippen molar-refractivity contribution in [3.05, 3.63) is 17.7 Å². The lowest BCUT2D eigenvalue weighted by molar-refractivity contribution is -0.141. The van der Waals surface area contributed by atoms with Crippen molar-refractivity contribution >= 4 is 0 Å². The van der Waals surface area contributed by atoms with Gasteiger partial charge in [-0.05, 0) is 7.05 Å². The van der Waals surface area contributed by atoms with E-state index in [4.69, 9.17) is 0 Å². The second kappa shape index (κ2) is 2.98. The SMILES string of the molecule is CN1CCn2cc(C(F)(F)F)nc2C1. The zero-order valence-electron chi connectivity index (χ0n) is 7.67. The van der Waals surface area contributed by atoms with Crippen LogP contribution in [-0.2, 0) is 19.3 Å². The van der Waals surface area contributed by atoms with Crippen LogP contribution in [-0.4, -0.2) is 28.0 Å². The Morgan fingerprint density at radius 2 is 2.07 bits per heavy atom. The summed E-state index contributed by atoms with van der Waals surface area (Å²) in [6, 6.07) is 0. The first kappa shape index (κ1) is 9.51. The summed E-state index contributed by atoms with van der Waals surface area (Å²) in [7, 11) is 1.87. The Hall–Kier alpha value is -1.04. The predicted molar refractivity (Wildman–Crippen MR) is 43.6 cm³/mol. The molecule has 6 heteroatoms. The third-order valence-corrected chi connectivity index (χ3v) is 2.28. The molecule has 0 amide bonds. The largest absolute Gasteiger partial charge is 0.434 e. The van der Waals surface area contributed by atoms with Gasteiger partial charge in [0.05, 0.1) is 6.54 Å². The highest BCUT2D eigenvalue weighted by atomic mass is 19.4. The fourth-order valence-corrected chi connectivity index (χ4v) is 1.51. The van der Waals surface area contributed by atoms with Gasteiger partial charge in [-0.2, -0.15) is 13.2 Å². The number of aromatic nitrogens is 2. The van der Waals surface area contributed by atoms with Gasteiger partial charge in [0, 0.05) is 19.3 Å². The van der Waals surface area contributed by atoms with Crippen LogP contribution in [0.5, 0.6) is 0 Å². The zero-order chi connectivity index (χ0) is 10.3. The molecule has 0 saturated carbocycles. The van der Waals surface area contributed by atoms with Crippen molar-refractivity contribution in [2.24, 2.45) is 0 Å². The molecule has 0 unspecified atom stereocenters. The Morgan fingerprint density at radius 1 is 1.36 bits per heavy atom. The number of hydrogen-bond acceptors (Lipinski definition) is 2. The number of nitrogens with zero attached hydrogens (tertiary/aromatic N) is 3. The van der Waals surface area contributed by atoms with E-state index < -0.39 is 11.9 Å². The van der Waals surface area contributed by atoms with E-state index in [0.717, 1.165) is 12.7 Å². The van der Waals surface area contributed by atoms with Crippen LogP contribution in [0.3, 0.4) is 0 Å². The summed E-state index contributed by atoms with van der Waals surface area (Å²) >= 11 is 0. The first-order valence-electron chi connectivity index (χ1n) is 4.28. The number of rotatable bonds is 0. The van der Waals surface area contributed by atoms with Crippen molar-refractivity contribution in [2.75, 3.05) is 13.6 Å². The number of halogens is 3. The molecule has 1 aliphatic heterocycles. The van der Waals surface area contributed by atoms with Crippen LogP contribution in [0, 0.1) is 0 Å². The molecule has 3 nitrogen and oxygen atoms in total. The molecule has 2 rings (SSSR count). The van der Waals surface area contributed by atoms with Crippen LogP contribution in [0.15, 0.2) is 6.20 Å². The van der Waals surface area contributed by atoms with Gasteiger partial charge in [0.25, 0.3) is 0 Å². The van der Waals surface area contributed by atoms with Crippen LogP contribution in [0.4, 0.5) is 13.2 Å². The van der Waals surface area contributed by atoms with Crippen molar-refractivity contribution in [3.63, 3.8) is 0 Å². The van der Waals surface area contributed by atoms with E-state index in [0.29, 0.717) is 18.9 Å². The molecule has 2 heterocycles. The van der Waals surface area contributed by atoms with Crippen molar-refractivity contribution in [1.82, 2.24) is 14.5 Å². The topological polar surface area (TPSA) is 21.1 Å². The summed E-state index contributed by atoms with van der Waals surface area (Å²) in [5.41, 5.74) is -0.789. The highest BCUT2D eigenvalue weighted by Crippen LogP contribution is 2.29. The minimum Gasteiger partial charge on any atom is -0.332 e. The fourth-order valence-electron chi connectivity index (χ4n) is 1.51. The van der Waals surface area contributed by atoms with Crippen molar-refractivity contribution in [2.45, 2.75) is 19.3 Å². The number of likely N-dealkylation sites (N-methyl/N-ethyl adjacent to an activating group) is 1. The third-order valence-electron chi connectivity index (χ3n) is 2.28. The summed E-state index contributed by atoms with van der Waals surface area (Å²) in [6.45, 7) is 1.83. The highest BCUT2D eigenvalue weighted by Gasteiger charge is 2.35. The monoisotopic (exact) mass is 205 g/mol. The maximum atomic E-state index is 12.3. The van der Waals surface area contributed by atoms with E-state index in [1.165, 1.54) is 0 Å². The molecule has 0 N–H and O–H groups in total. The van der Waals surface area contributed by atoms with E-state index in [-0.39, 0.29) is 0 Å². The molecule has 1 aliphatic rings. The molecular weight excluding hydrogens is 195 g/mol. The van der Waals surface area contributed by atoms with Crippen LogP contribution in [0.1, 0.15) is 11.5 Å². The normalized spacial score (nSPS) is 18.3. The van der Waals surface area contributed by atoms with E-state index in [1.807, 2.05) is 11.9 Å². The van der Waals surface area contributed by atoms with Gasteiger partial charge in [0.2, 0.25) is 0 Å². The number of fused-ring (bicyclic) bond motifs is 1. The standard InChI is InChI=1S/C8H10F3N3/c1-13-2-3-14-4-6(8(9,10)11)12-7(14)5-13/h4H,2-3,5H2,1H3. The van der Waals surface area contributed by atoms with Crippen molar-refractivity contribution in [3.8, 4) is 0 Å². The second-order valence-corrected chi connectivity index (χ2v) is 3.47. The molecule has 0 aromatic carbocycles. The highest BCUT2D eigenvalue weighted by molar-refractivity contribution is 5.09. The lowest BCUT2D eigenvalue weighted by atomic mass is 10.4. The number of hydrogen-bond donors (Lipinski definition) is 0. The van der Waals surface area contributed by atoms with Gasteiger partial charge in [0.1, 0.15) is 5.82 Å². The zero-order valence-corrected chi connectivity index (χ0v) is 7.67. The van der Waals surface area contributed by atoms with Gasteiger partial charge in [-0.25, -0.2) is 4.98 Å². The average molecular weight is 205 g/mol. The molecule has 1 aromatic heterocycles. The molecule has 14 heavy (non-hydrogen) atoms. The van der Waals surface area contributed by atoms with E-state index in [9.17, 15) is 13.2 Å². The van der Waals surface area contributed by atoms with Crippen molar-refractivity contribution in [1.29, 1.82) is 0 Å². The molecular formula is C8H10F3N3. The Labute approximate surface area is 79.1 Å². The Balaban J connectivity index is 2.32. The van der Waals surface area contributed by atoms with Crippen LogP contribution in [0.2, 0.25) is 0 Å². The average Bonchev–Trinajstić information content (AvgIpc) is 2.45. The molecule has 0 atom stereocenters. The van der Waals surface area contributed by atoms with E-state index >= 15 is 0 Å². The lowest BCUT2D eigenvalue weighted by Gasteiger charge is -2.22. The van der Waals surface area contributed by atoms with Crippen LogP contribution in [0.25, 0.3) is 0 Å². The summed E-state index contributed by atoms with van der Waals surface area (Å²) in [5, 5.41) is 0. The smallest absolute Gasteiger partial charge is 0.332 e. The molecule has 78 valence electrons. The Morgan fingerprint density at radius 3 is 2.71 bits per heavy atom. The molecule has 1 aromatic rings. The first-order valence-corrected chi connectivity index (χ1v) is 4.28. The fraction of sp³-hybridized carbons (Fsp3) is 0.625. The van der Waals surface area contributed by atoms with E-state index in [1.54, 1.807) is 4.57 Å². The van der Waals surface area contributed by atoms with Crippen LogP contribution < -0.4 is 0 Å². The second-order valence-electron chi connectivity index (χ2n) is 3.47. The van der Waals surface area contributed by atoms with Gasteiger partial charge in [0.15, 0.2) is 5.69 Å². The number of alkyl halides is 3. The molecule has 0 spiro atoms. The first-order chi connectivity index (χ1) is 6.47. The molecule has 0 radical (unpaired) electrons. The lowest BCUT2D eigenvalue weighted by Crippen LogP contribution is -2.30. The van der Waals surface area contributed by atoms with Crippen molar-refractivity contribution < 1.29 is 13.2 Å². The molecule has 0 saturated heterocycles. The minimum absolute atomic E-state index is 0.482. The Kier molecular flexibility index (Phi) is 2.02. The van der Waals surface area contributed by atoms with Gasteiger partial charge < -0.3 is 4.57 Å². The quantitative estimate of drug-likeness (QED) is 0.637. The maximum absolute atomic E-state index is 12.3. The Bertz CT molecular complexity index is 342.